The minimum atomic E-state index is -0.234. The van der Waals surface area contributed by atoms with Gasteiger partial charge >= 0.3 is 0 Å². The van der Waals surface area contributed by atoms with E-state index >= 15 is 0 Å². The SMILES string of the molecule is C1=CC(c2ccc3oc4ccc5c(c6ccccc6n5-c5ccccc5)c4c3c2)C(c2nc(-c3ccccc3)nc(-c3ccccc3)n2)C=C1c1ccccc1-c1ccccc1. The fourth-order valence-electron chi connectivity index (χ4n) is 9.40. The molecule has 2 unspecified atom stereocenters. The van der Waals surface area contributed by atoms with Gasteiger partial charge in [-0.1, -0.05) is 176 Å². The van der Waals surface area contributed by atoms with Crippen LogP contribution in [0, 0.1) is 0 Å². The molecule has 3 heterocycles. The third-order valence-electron chi connectivity index (χ3n) is 12.3. The van der Waals surface area contributed by atoms with Gasteiger partial charge in [-0.25, -0.2) is 15.0 Å². The second kappa shape index (κ2) is 14.8. The molecule has 0 saturated carbocycles. The lowest BCUT2D eigenvalue weighted by Crippen LogP contribution is -2.16. The van der Waals surface area contributed by atoms with Gasteiger partial charge in [0, 0.05) is 50.2 Å². The van der Waals surface area contributed by atoms with Crippen molar-refractivity contribution in [2.24, 2.45) is 0 Å². The highest BCUT2D eigenvalue weighted by molar-refractivity contribution is 6.27. The van der Waals surface area contributed by atoms with E-state index in [9.17, 15) is 0 Å². The summed E-state index contributed by atoms with van der Waals surface area (Å²) in [6.07, 6.45) is 6.99. The quantitative estimate of drug-likeness (QED) is 0.161. The van der Waals surface area contributed by atoms with E-state index in [4.69, 9.17) is 19.4 Å². The van der Waals surface area contributed by atoms with Crippen LogP contribution < -0.4 is 0 Å². The third-order valence-corrected chi connectivity index (χ3v) is 12.3. The number of para-hydroxylation sites is 2. The number of furan rings is 1. The van der Waals surface area contributed by atoms with Crippen LogP contribution in [-0.2, 0) is 0 Å². The van der Waals surface area contributed by atoms with Gasteiger partial charge in [-0.2, -0.15) is 0 Å². The molecule has 0 bridgehead atoms. The van der Waals surface area contributed by atoms with Gasteiger partial charge in [-0.15, -0.1) is 0 Å². The number of nitrogens with zero attached hydrogens (tertiary/aromatic N) is 4. The van der Waals surface area contributed by atoms with Crippen molar-refractivity contribution in [2.75, 3.05) is 0 Å². The summed E-state index contributed by atoms with van der Waals surface area (Å²) in [5.41, 5.74) is 12.8. The molecule has 0 radical (unpaired) electrons. The molecule has 1 aliphatic carbocycles. The monoisotopic (exact) mass is 794 g/mol. The van der Waals surface area contributed by atoms with Crippen LogP contribution in [0.15, 0.2) is 223 Å². The Morgan fingerprint density at radius 3 is 1.74 bits per heavy atom. The molecule has 292 valence electrons. The largest absolute Gasteiger partial charge is 0.456 e. The summed E-state index contributed by atoms with van der Waals surface area (Å²) in [5.74, 6) is 1.68. The molecule has 1 aliphatic rings. The Bertz CT molecular complexity index is 3460. The van der Waals surface area contributed by atoms with E-state index in [0.29, 0.717) is 17.5 Å². The minimum Gasteiger partial charge on any atom is -0.456 e. The summed E-state index contributed by atoms with van der Waals surface area (Å²) in [5, 5.41) is 4.58. The molecule has 11 aromatic rings. The highest BCUT2D eigenvalue weighted by Crippen LogP contribution is 2.46. The summed E-state index contributed by atoms with van der Waals surface area (Å²) in [6, 6.07) is 70.0. The smallest absolute Gasteiger partial charge is 0.163 e. The van der Waals surface area contributed by atoms with E-state index in [1.807, 2.05) is 36.4 Å². The number of hydrogen-bond donors (Lipinski definition) is 0. The van der Waals surface area contributed by atoms with E-state index in [1.165, 1.54) is 21.9 Å². The normalized spacial score (nSPS) is 15.1. The highest BCUT2D eigenvalue weighted by atomic mass is 16.3. The first-order valence-electron chi connectivity index (χ1n) is 21.1. The maximum absolute atomic E-state index is 6.67. The lowest BCUT2D eigenvalue weighted by atomic mass is 9.78. The first kappa shape index (κ1) is 35.8. The van der Waals surface area contributed by atoms with Gasteiger partial charge in [0.15, 0.2) is 11.6 Å². The van der Waals surface area contributed by atoms with Gasteiger partial charge in [0.1, 0.15) is 17.0 Å². The standard InChI is InChI=1S/C57H38N4O/c1-5-17-37(18-6-1)43-25-13-14-26-44(43)40-29-31-45(47(35-40)57-59-55(38-19-7-2-8-20-38)58-56(60-57)39-21-9-3-10-22-39)41-30-33-51-48(36-41)54-52(62-51)34-32-50-53(54)46-27-15-16-28-49(46)61(50)42-23-11-4-12-24-42/h1-36,45,47H. The van der Waals surface area contributed by atoms with E-state index in [1.54, 1.807) is 0 Å². The highest BCUT2D eigenvalue weighted by Gasteiger charge is 2.30. The fraction of sp³-hybridized carbons (Fsp3) is 0.0351. The summed E-state index contributed by atoms with van der Waals surface area (Å²) in [7, 11) is 0. The maximum atomic E-state index is 6.67. The van der Waals surface area contributed by atoms with Crippen LogP contribution in [0.3, 0.4) is 0 Å². The average Bonchev–Trinajstić information content (AvgIpc) is 3.90. The van der Waals surface area contributed by atoms with Crippen molar-refractivity contribution in [3.8, 4) is 39.6 Å². The number of aromatic nitrogens is 4. The predicted octanol–water partition coefficient (Wildman–Crippen LogP) is 14.4. The molecule has 12 rings (SSSR count). The molecule has 2 atom stereocenters. The molecule has 0 spiro atoms. The fourth-order valence-corrected chi connectivity index (χ4v) is 9.40. The molecule has 0 amide bonds. The molecule has 0 saturated heterocycles. The molecule has 8 aromatic carbocycles. The second-order valence-electron chi connectivity index (χ2n) is 15.9. The molecular formula is C57H38N4O. The van der Waals surface area contributed by atoms with Crippen LogP contribution in [0.25, 0.3) is 88.9 Å². The van der Waals surface area contributed by atoms with Crippen molar-refractivity contribution in [2.45, 2.75) is 11.8 Å². The van der Waals surface area contributed by atoms with Crippen LogP contribution >= 0.6 is 0 Å². The molecule has 0 fully saturated rings. The van der Waals surface area contributed by atoms with Gasteiger partial charge in [0.05, 0.1) is 11.0 Å². The Morgan fingerprint density at radius 2 is 1.03 bits per heavy atom. The van der Waals surface area contributed by atoms with Crippen molar-refractivity contribution in [1.82, 2.24) is 19.5 Å². The van der Waals surface area contributed by atoms with Crippen molar-refractivity contribution >= 4 is 49.3 Å². The Kier molecular flexibility index (Phi) is 8.56. The Balaban J connectivity index is 1.08. The lowest BCUT2D eigenvalue weighted by molar-refractivity contribution is 0.666. The minimum absolute atomic E-state index is 0.100. The maximum Gasteiger partial charge on any atom is 0.163 e. The van der Waals surface area contributed by atoms with Gasteiger partial charge in [0.2, 0.25) is 0 Å². The van der Waals surface area contributed by atoms with E-state index in [0.717, 1.165) is 66.5 Å². The van der Waals surface area contributed by atoms with Crippen molar-refractivity contribution in [1.29, 1.82) is 0 Å². The summed E-state index contributed by atoms with van der Waals surface area (Å²) >= 11 is 0. The van der Waals surface area contributed by atoms with Crippen LogP contribution in [-0.4, -0.2) is 19.5 Å². The van der Waals surface area contributed by atoms with E-state index < -0.39 is 0 Å². The van der Waals surface area contributed by atoms with Gasteiger partial charge in [-0.3, -0.25) is 0 Å². The number of rotatable bonds is 7. The third kappa shape index (κ3) is 6.05. The molecular weight excluding hydrogens is 757 g/mol. The zero-order valence-electron chi connectivity index (χ0n) is 33.6. The Labute approximate surface area is 358 Å². The Morgan fingerprint density at radius 1 is 0.435 bits per heavy atom. The molecule has 5 heteroatoms. The van der Waals surface area contributed by atoms with Crippen LogP contribution in [0.1, 0.15) is 28.8 Å². The van der Waals surface area contributed by atoms with Crippen LogP contribution in [0.2, 0.25) is 0 Å². The predicted molar refractivity (Wildman–Crippen MR) is 253 cm³/mol. The first-order valence-corrected chi connectivity index (χ1v) is 21.1. The van der Waals surface area contributed by atoms with E-state index in [2.05, 4.69) is 187 Å². The van der Waals surface area contributed by atoms with Crippen molar-refractivity contribution < 1.29 is 4.42 Å². The van der Waals surface area contributed by atoms with Crippen molar-refractivity contribution in [3.05, 3.63) is 235 Å². The lowest BCUT2D eigenvalue weighted by Gasteiger charge is -2.27. The Hall–Kier alpha value is -8.15. The number of fused-ring (bicyclic) bond motifs is 7. The van der Waals surface area contributed by atoms with Crippen LogP contribution in [0.4, 0.5) is 0 Å². The van der Waals surface area contributed by atoms with Crippen LogP contribution in [0.5, 0.6) is 0 Å². The molecule has 0 aliphatic heterocycles. The van der Waals surface area contributed by atoms with Gasteiger partial charge in [-0.05, 0) is 70.3 Å². The summed E-state index contributed by atoms with van der Waals surface area (Å²) < 4.78 is 9.03. The molecule has 62 heavy (non-hydrogen) atoms. The van der Waals surface area contributed by atoms with Crippen molar-refractivity contribution in [3.63, 3.8) is 0 Å². The zero-order valence-corrected chi connectivity index (χ0v) is 33.6. The van der Waals surface area contributed by atoms with E-state index in [-0.39, 0.29) is 11.8 Å². The molecule has 3 aromatic heterocycles. The summed E-state index contributed by atoms with van der Waals surface area (Å²) in [6.45, 7) is 0. The topological polar surface area (TPSA) is 56.7 Å². The number of benzene rings is 8. The molecule has 0 N–H and O–H groups in total. The number of allylic oxidation sites excluding steroid dienone is 4. The van der Waals surface area contributed by atoms with Gasteiger partial charge in [0.25, 0.3) is 0 Å². The summed E-state index contributed by atoms with van der Waals surface area (Å²) in [4.78, 5) is 15.7. The van der Waals surface area contributed by atoms with Gasteiger partial charge < -0.3 is 8.98 Å². The average molecular weight is 795 g/mol. The second-order valence-corrected chi connectivity index (χ2v) is 15.9. The zero-order chi connectivity index (χ0) is 41.0. The first-order chi connectivity index (χ1) is 30.7. The number of hydrogen-bond acceptors (Lipinski definition) is 4. The molecule has 5 nitrogen and oxygen atoms in total.